The Labute approximate surface area is 190 Å². The Morgan fingerprint density at radius 2 is 1.94 bits per heavy atom. The van der Waals surface area contributed by atoms with Gasteiger partial charge in [-0.3, -0.25) is 14.5 Å². The van der Waals surface area contributed by atoms with Crippen LogP contribution in [-0.4, -0.2) is 62.2 Å². The lowest BCUT2D eigenvalue weighted by Gasteiger charge is -2.39. The van der Waals surface area contributed by atoms with Crippen LogP contribution in [-0.2, 0) is 19.7 Å². The fourth-order valence-electron chi connectivity index (χ4n) is 4.33. The van der Waals surface area contributed by atoms with E-state index in [1.165, 1.54) is 4.90 Å². The predicted molar refractivity (Wildman–Crippen MR) is 120 cm³/mol. The molecule has 2 aliphatic rings. The predicted octanol–water partition coefficient (Wildman–Crippen LogP) is 2.61. The van der Waals surface area contributed by atoms with E-state index in [4.69, 9.17) is 9.47 Å². The standard InChI is InChI=1S/C24H35N3O5/c1-17(2)10-13-25-21(28)9-8-20-22(29)27(23(30)26-20)16-24(11-14-32-15-12-24)18-4-6-19(31-3)7-5-18/h4-7,17,20H,8-16H2,1-3H3,(H,25,28)(H,26,30). The van der Waals surface area contributed by atoms with Gasteiger partial charge in [0, 0.05) is 38.1 Å². The summed E-state index contributed by atoms with van der Waals surface area (Å²) >= 11 is 0. The summed E-state index contributed by atoms with van der Waals surface area (Å²) < 4.78 is 10.8. The normalized spacial score (nSPS) is 20.4. The van der Waals surface area contributed by atoms with E-state index in [0.29, 0.717) is 38.6 Å². The van der Waals surface area contributed by atoms with Crippen LogP contribution in [0.4, 0.5) is 4.79 Å². The van der Waals surface area contributed by atoms with Crippen molar-refractivity contribution in [3.8, 4) is 5.75 Å². The molecule has 4 amide bonds. The molecule has 2 heterocycles. The Morgan fingerprint density at radius 1 is 1.25 bits per heavy atom. The third-order valence-electron chi connectivity index (χ3n) is 6.42. The molecule has 2 fully saturated rings. The number of hydrogen-bond acceptors (Lipinski definition) is 5. The Balaban J connectivity index is 1.63. The molecule has 176 valence electrons. The van der Waals surface area contributed by atoms with Gasteiger partial charge in [-0.1, -0.05) is 26.0 Å². The molecule has 2 aliphatic heterocycles. The summed E-state index contributed by atoms with van der Waals surface area (Å²) in [6.45, 7) is 6.28. The molecule has 8 heteroatoms. The van der Waals surface area contributed by atoms with Crippen LogP contribution in [0.15, 0.2) is 24.3 Å². The lowest BCUT2D eigenvalue weighted by Crippen LogP contribution is -2.47. The van der Waals surface area contributed by atoms with Crippen molar-refractivity contribution in [3.05, 3.63) is 29.8 Å². The zero-order chi connectivity index (χ0) is 23.1. The topological polar surface area (TPSA) is 97.0 Å². The number of carbonyl (C=O) groups is 3. The van der Waals surface area contributed by atoms with Crippen molar-refractivity contribution in [2.45, 2.75) is 57.4 Å². The second kappa shape index (κ2) is 10.8. The van der Waals surface area contributed by atoms with Crippen LogP contribution < -0.4 is 15.4 Å². The van der Waals surface area contributed by atoms with Gasteiger partial charge in [-0.15, -0.1) is 0 Å². The largest absolute Gasteiger partial charge is 0.497 e. The van der Waals surface area contributed by atoms with Crippen LogP contribution >= 0.6 is 0 Å². The van der Waals surface area contributed by atoms with Crippen LogP contribution in [0, 0.1) is 5.92 Å². The lowest BCUT2D eigenvalue weighted by atomic mass is 9.73. The third-order valence-corrected chi connectivity index (χ3v) is 6.42. The quantitative estimate of drug-likeness (QED) is 0.540. The van der Waals surface area contributed by atoms with E-state index in [1.807, 2.05) is 24.3 Å². The van der Waals surface area contributed by atoms with Gasteiger partial charge in [0.15, 0.2) is 0 Å². The second-order valence-electron chi connectivity index (χ2n) is 9.12. The monoisotopic (exact) mass is 445 g/mol. The first-order chi connectivity index (χ1) is 15.3. The maximum absolute atomic E-state index is 13.0. The molecule has 1 atom stereocenters. The minimum absolute atomic E-state index is 0.0923. The fourth-order valence-corrected chi connectivity index (χ4v) is 4.33. The first-order valence-corrected chi connectivity index (χ1v) is 11.5. The van der Waals surface area contributed by atoms with E-state index >= 15 is 0 Å². The zero-order valence-corrected chi connectivity index (χ0v) is 19.3. The molecule has 0 radical (unpaired) electrons. The van der Waals surface area contributed by atoms with E-state index in [9.17, 15) is 14.4 Å². The summed E-state index contributed by atoms with van der Waals surface area (Å²) in [5.74, 6) is 0.926. The molecule has 8 nitrogen and oxygen atoms in total. The molecule has 0 aromatic heterocycles. The molecule has 2 saturated heterocycles. The van der Waals surface area contributed by atoms with Gasteiger partial charge in [0.1, 0.15) is 11.8 Å². The number of benzene rings is 1. The highest BCUT2D eigenvalue weighted by Gasteiger charge is 2.44. The van der Waals surface area contributed by atoms with E-state index in [0.717, 1.165) is 30.6 Å². The highest BCUT2D eigenvalue weighted by Crippen LogP contribution is 2.37. The number of imide groups is 1. The van der Waals surface area contributed by atoms with Crippen LogP contribution in [0.2, 0.25) is 0 Å². The molecule has 2 N–H and O–H groups in total. The van der Waals surface area contributed by atoms with Crippen molar-refractivity contribution in [2.24, 2.45) is 5.92 Å². The van der Waals surface area contributed by atoms with Gasteiger partial charge in [0.25, 0.3) is 5.91 Å². The molecule has 1 aromatic rings. The molecule has 0 bridgehead atoms. The Morgan fingerprint density at radius 3 is 2.56 bits per heavy atom. The summed E-state index contributed by atoms with van der Waals surface area (Å²) in [5, 5.41) is 5.64. The number of nitrogens with one attached hydrogen (secondary N) is 2. The number of rotatable bonds is 10. The molecule has 32 heavy (non-hydrogen) atoms. The van der Waals surface area contributed by atoms with Gasteiger partial charge in [-0.2, -0.15) is 0 Å². The fraction of sp³-hybridized carbons (Fsp3) is 0.625. The van der Waals surface area contributed by atoms with Crippen molar-refractivity contribution < 1.29 is 23.9 Å². The number of urea groups is 1. The maximum Gasteiger partial charge on any atom is 0.324 e. The van der Waals surface area contributed by atoms with Gasteiger partial charge in [-0.25, -0.2) is 4.79 Å². The van der Waals surface area contributed by atoms with E-state index in [-0.39, 0.29) is 29.7 Å². The van der Waals surface area contributed by atoms with Crippen molar-refractivity contribution >= 4 is 17.8 Å². The lowest BCUT2D eigenvalue weighted by molar-refractivity contribution is -0.129. The Bertz CT molecular complexity index is 802. The minimum Gasteiger partial charge on any atom is -0.497 e. The number of carbonyl (C=O) groups excluding carboxylic acids is 3. The van der Waals surface area contributed by atoms with E-state index < -0.39 is 6.04 Å². The number of ether oxygens (including phenoxy) is 2. The highest BCUT2D eigenvalue weighted by atomic mass is 16.5. The van der Waals surface area contributed by atoms with Crippen LogP contribution in [0.5, 0.6) is 5.75 Å². The van der Waals surface area contributed by atoms with Gasteiger partial charge in [0.2, 0.25) is 5.91 Å². The smallest absolute Gasteiger partial charge is 0.324 e. The van der Waals surface area contributed by atoms with Crippen LogP contribution in [0.3, 0.4) is 0 Å². The molecule has 3 rings (SSSR count). The van der Waals surface area contributed by atoms with Crippen molar-refractivity contribution in [1.82, 2.24) is 15.5 Å². The Hall–Kier alpha value is -2.61. The molecular formula is C24H35N3O5. The summed E-state index contributed by atoms with van der Waals surface area (Å²) in [4.78, 5) is 39.1. The summed E-state index contributed by atoms with van der Waals surface area (Å²) in [7, 11) is 1.62. The third kappa shape index (κ3) is 5.79. The summed E-state index contributed by atoms with van der Waals surface area (Å²) in [5.41, 5.74) is 0.704. The van der Waals surface area contributed by atoms with Crippen LogP contribution in [0.1, 0.15) is 51.5 Å². The molecule has 0 aliphatic carbocycles. The van der Waals surface area contributed by atoms with Crippen LogP contribution in [0.25, 0.3) is 0 Å². The maximum atomic E-state index is 13.0. The first kappa shape index (κ1) is 24.0. The number of hydrogen-bond donors (Lipinski definition) is 2. The first-order valence-electron chi connectivity index (χ1n) is 11.5. The Kier molecular flexibility index (Phi) is 8.12. The van der Waals surface area contributed by atoms with Gasteiger partial charge in [-0.05, 0) is 49.3 Å². The zero-order valence-electron chi connectivity index (χ0n) is 19.3. The molecule has 0 saturated carbocycles. The van der Waals surface area contributed by atoms with Gasteiger partial charge >= 0.3 is 6.03 Å². The number of nitrogens with zero attached hydrogens (tertiary/aromatic N) is 1. The number of amides is 4. The van der Waals surface area contributed by atoms with Gasteiger partial charge in [0.05, 0.1) is 7.11 Å². The minimum atomic E-state index is -0.661. The van der Waals surface area contributed by atoms with E-state index in [2.05, 4.69) is 24.5 Å². The summed E-state index contributed by atoms with van der Waals surface area (Å²) in [6.07, 6.45) is 2.86. The second-order valence-corrected chi connectivity index (χ2v) is 9.12. The molecule has 1 aromatic carbocycles. The van der Waals surface area contributed by atoms with Crippen molar-refractivity contribution in [1.29, 1.82) is 0 Å². The average molecular weight is 446 g/mol. The summed E-state index contributed by atoms with van der Waals surface area (Å²) in [6, 6.07) is 6.76. The molecule has 0 spiro atoms. The molecule has 1 unspecified atom stereocenters. The van der Waals surface area contributed by atoms with Gasteiger partial charge < -0.3 is 20.1 Å². The van der Waals surface area contributed by atoms with Crippen molar-refractivity contribution in [2.75, 3.05) is 33.4 Å². The average Bonchev–Trinajstić information content (AvgIpc) is 3.05. The molecular weight excluding hydrogens is 410 g/mol. The SMILES string of the molecule is COc1ccc(C2(CN3C(=O)NC(CCC(=O)NCCC(C)C)C3=O)CCOCC2)cc1. The van der Waals surface area contributed by atoms with Crippen molar-refractivity contribution in [3.63, 3.8) is 0 Å². The number of methoxy groups -OCH3 is 1. The highest BCUT2D eigenvalue weighted by molar-refractivity contribution is 6.04. The van der Waals surface area contributed by atoms with E-state index in [1.54, 1.807) is 7.11 Å².